The number of hydrogen-bond donors (Lipinski definition) is 0. The van der Waals surface area contributed by atoms with Gasteiger partial charge in [0.25, 0.3) is 0 Å². The van der Waals surface area contributed by atoms with Crippen molar-refractivity contribution in [1.29, 1.82) is 0 Å². The van der Waals surface area contributed by atoms with Crippen LogP contribution >= 0.6 is 7.60 Å². The lowest BCUT2D eigenvalue weighted by Crippen LogP contribution is -1.99. The molecule has 0 aromatic carbocycles. The van der Waals surface area contributed by atoms with Crippen LogP contribution in [0.3, 0.4) is 0 Å². The summed E-state index contributed by atoms with van der Waals surface area (Å²) >= 11 is 0. The van der Waals surface area contributed by atoms with E-state index in [4.69, 9.17) is 4.52 Å². The van der Waals surface area contributed by atoms with Crippen molar-refractivity contribution in [1.82, 2.24) is 0 Å². The summed E-state index contributed by atoms with van der Waals surface area (Å²) in [5.41, 5.74) is 1.84. The molecule has 0 amide bonds. The monoisotopic (exact) mass is 180 g/mol. The maximum Gasteiger partial charge on any atom is 0.327 e. The zero-order valence-electron chi connectivity index (χ0n) is 6.37. The predicted molar refractivity (Wildman–Crippen MR) is 45.2 cm³/mol. The van der Waals surface area contributed by atoms with Crippen molar-refractivity contribution >= 4 is 17.1 Å². The molecule has 0 radical (unpaired) electrons. The van der Waals surface area contributed by atoms with Crippen molar-refractivity contribution in [2.75, 3.05) is 20.0 Å². The molecule has 0 aromatic rings. The topological polar surface area (TPSA) is 35.5 Å². The third-order valence-corrected chi connectivity index (χ3v) is 3.49. The van der Waals surface area contributed by atoms with E-state index in [9.17, 15) is 4.57 Å². The maximum absolute atomic E-state index is 11.0. The van der Waals surface area contributed by atoms with E-state index in [2.05, 4.69) is 11.1 Å². The highest BCUT2D eigenvalue weighted by atomic mass is 31.2. The largest absolute Gasteiger partial charge is 0.327 e. The first-order valence-corrected chi connectivity index (χ1v) is 6.81. The highest BCUT2D eigenvalue weighted by molar-refractivity contribution is 7.53. The van der Waals surface area contributed by atoms with Gasteiger partial charge in [-0.15, -0.1) is 12.3 Å². The fourth-order valence-corrected chi connectivity index (χ4v) is 2.37. The van der Waals surface area contributed by atoms with Crippen molar-refractivity contribution in [3.05, 3.63) is 12.3 Å². The molecule has 0 heterocycles. The second-order valence-corrected chi connectivity index (χ2v) is 5.59. The van der Waals surface area contributed by atoms with Crippen LogP contribution in [0.25, 0.3) is 0 Å². The first kappa shape index (κ1) is 10.1. The lowest BCUT2D eigenvalue weighted by molar-refractivity contribution is 0.270. The van der Waals surface area contributed by atoms with Crippen molar-refractivity contribution in [2.24, 2.45) is 0 Å². The Balaban J connectivity index is 3.47. The first-order valence-electron chi connectivity index (χ1n) is 3.01. The quantitative estimate of drug-likeness (QED) is 0.355. The first-order chi connectivity index (χ1) is 4.62. The van der Waals surface area contributed by atoms with Crippen molar-refractivity contribution in [2.45, 2.75) is 0 Å². The molecule has 0 fully saturated rings. The van der Waals surface area contributed by atoms with Gasteiger partial charge in [0.05, 0.1) is 9.52 Å². The smallest absolute Gasteiger partial charge is 0.313 e. The summed E-state index contributed by atoms with van der Waals surface area (Å²) in [6, 6.07) is 0. The minimum atomic E-state index is -2.72. The van der Waals surface area contributed by atoms with Gasteiger partial charge in [-0.3, -0.25) is 4.57 Å². The predicted octanol–water partition coefficient (Wildman–Crippen LogP) is 0.742. The summed E-state index contributed by atoms with van der Waals surface area (Å²) in [6.45, 7) is 5.02. The molecule has 0 bridgehead atoms. The Kier molecular flexibility index (Phi) is 4.90. The van der Waals surface area contributed by atoms with E-state index in [1.165, 1.54) is 13.8 Å². The van der Waals surface area contributed by atoms with Gasteiger partial charge in [-0.2, -0.15) is 0 Å². The molecule has 1 atom stereocenters. The third kappa shape index (κ3) is 4.94. The van der Waals surface area contributed by atoms with Gasteiger partial charge in [0.2, 0.25) is 0 Å². The second kappa shape index (κ2) is 4.85. The molecule has 0 rings (SSSR count). The summed E-state index contributed by atoms with van der Waals surface area (Å²) in [5.74, 6) is 0. The average Bonchev–Trinajstić information content (AvgIpc) is 1.89. The van der Waals surface area contributed by atoms with Gasteiger partial charge in [0.15, 0.2) is 0 Å². The van der Waals surface area contributed by atoms with Gasteiger partial charge in [0, 0.05) is 20.0 Å². The van der Waals surface area contributed by atoms with E-state index < -0.39 is 7.60 Å². The normalized spacial score (nSPS) is 17.4. The zero-order chi connectivity index (χ0) is 8.04. The zero-order valence-corrected chi connectivity index (χ0v) is 8.68. The number of rotatable bonds is 5. The Morgan fingerprint density at radius 3 is 2.80 bits per heavy atom. The van der Waals surface area contributed by atoms with Crippen LogP contribution in [0.5, 0.6) is 0 Å². The molecular formula is C5H13O3PSi. The lowest BCUT2D eigenvalue weighted by atomic mass is 11.3. The lowest BCUT2D eigenvalue weighted by Gasteiger charge is -2.09. The summed E-state index contributed by atoms with van der Waals surface area (Å²) in [5, 5.41) is 0. The SMILES string of the molecule is C=C[SiH2]COP(C)(=O)OC. The highest BCUT2D eigenvalue weighted by Gasteiger charge is 2.12. The van der Waals surface area contributed by atoms with Crippen molar-refractivity contribution in [3.8, 4) is 0 Å². The Morgan fingerprint density at radius 2 is 2.40 bits per heavy atom. The molecule has 3 nitrogen and oxygen atoms in total. The van der Waals surface area contributed by atoms with E-state index in [0.717, 1.165) is 0 Å². The van der Waals surface area contributed by atoms with Gasteiger partial charge >= 0.3 is 7.60 Å². The van der Waals surface area contributed by atoms with E-state index in [1.54, 1.807) is 0 Å². The molecule has 0 aliphatic carbocycles. The Morgan fingerprint density at radius 1 is 1.80 bits per heavy atom. The van der Waals surface area contributed by atoms with E-state index in [-0.39, 0.29) is 9.52 Å². The fourth-order valence-electron chi connectivity index (χ4n) is 0.355. The average molecular weight is 180 g/mol. The van der Waals surface area contributed by atoms with E-state index in [1.807, 2.05) is 5.70 Å². The van der Waals surface area contributed by atoms with Crippen LogP contribution in [0.2, 0.25) is 0 Å². The summed E-state index contributed by atoms with van der Waals surface area (Å²) in [4.78, 5) is 0. The molecule has 0 spiro atoms. The van der Waals surface area contributed by atoms with Crippen molar-refractivity contribution in [3.63, 3.8) is 0 Å². The molecule has 0 aromatic heterocycles. The van der Waals surface area contributed by atoms with Crippen LogP contribution < -0.4 is 0 Å². The molecule has 0 saturated carbocycles. The van der Waals surface area contributed by atoms with Gasteiger partial charge in [-0.05, 0) is 0 Å². The Bertz CT molecular complexity index is 148. The third-order valence-electron chi connectivity index (χ3n) is 0.979. The van der Waals surface area contributed by atoms with Crippen LogP contribution in [-0.2, 0) is 13.6 Å². The fraction of sp³-hybridized carbons (Fsp3) is 0.600. The standard InChI is InChI=1S/C5H13O3PSi/c1-4-10-5-8-9(3,6)7-2/h4H,1,5,10H2,2-3H3. The van der Waals surface area contributed by atoms with Crippen LogP contribution in [0.4, 0.5) is 0 Å². The van der Waals surface area contributed by atoms with Gasteiger partial charge in [-0.25, -0.2) is 0 Å². The minimum absolute atomic E-state index is 0.378. The molecule has 5 heteroatoms. The molecule has 60 valence electrons. The Labute approximate surface area is 63.8 Å². The van der Waals surface area contributed by atoms with Crippen molar-refractivity contribution < 1.29 is 13.6 Å². The Hall–Kier alpha value is 0.107. The molecular weight excluding hydrogens is 167 g/mol. The van der Waals surface area contributed by atoms with Gasteiger partial charge in [0.1, 0.15) is 0 Å². The minimum Gasteiger partial charge on any atom is -0.313 e. The molecule has 0 saturated heterocycles. The van der Waals surface area contributed by atoms with E-state index in [0.29, 0.717) is 6.23 Å². The second-order valence-electron chi connectivity index (χ2n) is 1.86. The van der Waals surface area contributed by atoms with Crippen LogP contribution in [0.15, 0.2) is 12.3 Å². The van der Waals surface area contributed by atoms with Gasteiger partial charge in [-0.1, -0.05) is 0 Å². The molecule has 0 aliphatic rings. The van der Waals surface area contributed by atoms with Crippen LogP contribution in [-0.4, -0.2) is 29.5 Å². The summed E-state index contributed by atoms with van der Waals surface area (Å²) in [7, 11) is -1.71. The number of hydrogen-bond acceptors (Lipinski definition) is 3. The summed E-state index contributed by atoms with van der Waals surface area (Å²) < 4.78 is 20.5. The van der Waals surface area contributed by atoms with Gasteiger partial charge < -0.3 is 9.05 Å². The molecule has 0 N–H and O–H groups in total. The van der Waals surface area contributed by atoms with E-state index >= 15 is 0 Å². The molecule has 0 aliphatic heterocycles. The van der Waals surface area contributed by atoms with Crippen LogP contribution in [0.1, 0.15) is 0 Å². The van der Waals surface area contributed by atoms with Crippen LogP contribution in [0, 0.1) is 0 Å². The highest BCUT2D eigenvalue weighted by Crippen LogP contribution is 2.41. The summed E-state index contributed by atoms with van der Waals surface area (Å²) in [6.07, 6.45) is 0.547. The maximum atomic E-state index is 11.0. The molecule has 1 unspecified atom stereocenters. The molecule has 10 heavy (non-hydrogen) atoms.